The molecule has 3 aromatic carbocycles. The zero-order valence-electron chi connectivity index (χ0n) is 19.9. The van der Waals surface area contributed by atoms with Crippen LogP contribution in [0.5, 0.6) is 0 Å². The van der Waals surface area contributed by atoms with Gasteiger partial charge in [0, 0.05) is 29.0 Å². The number of amides is 2. The minimum Gasteiger partial charge on any atom is -0.361 e. The molecule has 0 saturated carbocycles. The number of aromatic nitrogens is 1. The van der Waals surface area contributed by atoms with Gasteiger partial charge < -0.3 is 9.88 Å². The molecule has 0 spiro atoms. The molecule has 0 aliphatic carbocycles. The maximum atomic E-state index is 13.0. The number of hydroxylamine groups is 2. The Balaban J connectivity index is 1.07. The van der Waals surface area contributed by atoms with Gasteiger partial charge in [-0.05, 0) is 66.9 Å². The van der Waals surface area contributed by atoms with E-state index in [2.05, 4.69) is 41.2 Å². The van der Waals surface area contributed by atoms with Crippen molar-refractivity contribution in [1.29, 1.82) is 0 Å². The first-order valence-corrected chi connectivity index (χ1v) is 12.5. The number of nitrogens with one attached hydrogen (secondary N) is 1. The molecule has 1 saturated heterocycles. The van der Waals surface area contributed by atoms with Crippen LogP contribution in [0.25, 0.3) is 21.7 Å². The largest absolute Gasteiger partial charge is 0.361 e. The lowest BCUT2D eigenvalue weighted by atomic mass is 9.89. The molecule has 2 aliphatic rings. The second kappa shape index (κ2) is 8.95. The van der Waals surface area contributed by atoms with Gasteiger partial charge in [0.1, 0.15) is 0 Å². The zero-order valence-corrected chi connectivity index (χ0v) is 19.9. The normalized spacial score (nSPS) is 17.1. The molecule has 2 amide bonds. The van der Waals surface area contributed by atoms with E-state index in [-0.39, 0.29) is 11.8 Å². The second-order valence-electron chi connectivity index (χ2n) is 9.50. The third-order valence-corrected chi connectivity index (χ3v) is 7.60. The number of likely N-dealkylation sites (tertiary alicyclic amines) is 1. The van der Waals surface area contributed by atoms with Crippen LogP contribution in [0.1, 0.15) is 57.5 Å². The highest BCUT2D eigenvalue weighted by atomic mass is 16.7. The number of rotatable bonds is 6. The fourth-order valence-corrected chi connectivity index (χ4v) is 5.73. The number of piperidine rings is 1. The molecule has 6 rings (SSSR count). The van der Waals surface area contributed by atoms with Crippen molar-refractivity contribution in [3.63, 3.8) is 0 Å². The SMILES string of the molecule is CCc1cccc2c(C3CCN(CCON4C(=O)c5cccc6cccc(c56)C4=O)CC3)c[nH]c12. The first-order chi connectivity index (χ1) is 17.2. The van der Waals surface area contributed by atoms with Crippen molar-refractivity contribution in [3.05, 3.63) is 83.0 Å². The highest BCUT2D eigenvalue weighted by Crippen LogP contribution is 2.34. The predicted octanol–water partition coefficient (Wildman–Crippen LogP) is 5.29. The number of imide groups is 1. The Morgan fingerprint density at radius 2 is 1.63 bits per heavy atom. The Labute approximate surface area is 204 Å². The van der Waals surface area contributed by atoms with Gasteiger partial charge in [-0.1, -0.05) is 49.4 Å². The fraction of sp³-hybridized carbons (Fsp3) is 0.310. The summed E-state index contributed by atoms with van der Waals surface area (Å²) in [4.78, 5) is 37.6. The number of H-pyrrole nitrogens is 1. The van der Waals surface area contributed by atoms with Gasteiger partial charge in [-0.3, -0.25) is 14.4 Å². The Hall–Kier alpha value is -3.48. The van der Waals surface area contributed by atoms with E-state index in [0.717, 1.165) is 48.2 Å². The van der Waals surface area contributed by atoms with Gasteiger partial charge in [-0.15, -0.1) is 5.06 Å². The molecular formula is C29H29N3O3. The van der Waals surface area contributed by atoms with Crippen molar-refractivity contribution in [2.75, 3.05) is 26.2 Å². The van der Waals surface area contributed by atoms with Crippen LogP contribution in [0.15, 0.2) is 60.8 Å². The fourth-order valence-electron chi connectivity index (χ4n) is 5.73. The maximum absolute atomic E-state index is 13.0. The topological polar surface area (TPSA) is 65.6 Å². The lowest BCUT2D eigenvalue weighted by molar-refractivity contribution is -0.100. The summed E-state index contributed by atoms with van der Waals surface area (Å²) in [5.74, 6) is -0.233. The van der Waals surface area contributed by atoms with Crippen molar-refractivity contribution >= 4 is 33.5 Å². The van der Waals surface area contributed by atoms with Crippen molar-refractivity contribution in [3.8, 4) is 0 Å². The third kappa shape index (κ3) is 3.74. The van der Waals surface area contributed by atoms with Gasteiger partial charge in [0.15, 0.2) is 0 Å². The van der Waals surface area contributed by atoms with Crippen LogP contribution in [0.2, 0.25) is 0 Å². The van der Waals surface area contributed by atoms with E-state index >= 15 is 0 Å². The van der Waals surface area contributed by atoms with E-state index in [9.17, 15) is 9.59 Å². The Bertz CT molecular complexity index is 1380. The first-order valence-electron chi connectivity index (χ1n) is 12.5. The minimum absolute atomic E-state index is 0.299. The first kappa shape index (κ1) is 22.0. The lowest BCUT2D eigenvalue weighted by Gasteiger charge is -2.32. The molecule has 0 atom stereocenters. The average Bonchev–Trinajstić information content (AvgIpc) is 3.34. The van der Waals surface area contributed by atoms with Gasteiger partial charge in [0.25, 0.3) is 11.8 Å². The number of hydrogen-bond acceptors (Lipinski definition) is 4. The van der Waals surface area contributed by atoms with Crippen LogP contribution >= 0.6 is 0 Å². The number of aryl methyl sites for hydroxylation is 1. The lowest BCUT2D eigenvalue weighted by Crippen LogP contribution is -2.42. The summed E-state index contributed by atoms with van der Waals surface area (Å²) in [7, 11) is 0. The summed E-state index contributed by atoms with van der Waals surface area (Å²) in [6, 6.07) is 17.6. The summed E-state index contributed by atoms with van der Waals surface area (Å²) >= 11 is 0. The maximum Gasteiger partial charge on any atom is 0.285 e. The summed E-state index contributed by atoms with van der Waals surface area (Å²) in [5.41, 5.74) is 5.09. The van der Waals surface area contributed by atoms with Gasteiger partial charge in [0.05, 0.1) is 17.7 Å². The number of para-hydroxylation sites is 1. The Morgan fingerprint density at radius 3 is 2.31 bits per heavy atom. The summed E-state index contributed by atoms with van der Waals surface area (Å²) in [6.07, 6.45) is 5.39. The molecule has 6 nitrogen and oxygen atoms in total. The summed E-state index contributed by atoms with van der Waals surface area (Å²) in [5, 5.41) is 3.91. The molecule has 1 fully saturated rings. The smallest absolute Gasteiger partial charge is 0.285 e. The molecular weight excluding hydrogens is 438 g/mol. The van der Waals surface area contributed by atoms with E-state index < -0.39 is 0 Å². The van der Waals surface area contributed by atoms with Crippen molar-refractivity contribution in [2.24, 2.45) is 0 Å². The summed E-state index contributed by atoms with van der Waals surface area (Å²) in [6.45, 7) is 5.12. The van der Waals surface area contributed by atoms with Crippen molar-refractivity contribution in [2.45, 2.75) is 32.1 Å². The number of carbonyl (C=O) groups is 2. The van der Waals surface area contributed by atoms with Crippen LogP contribution in [0.3, 0.4) is 0 Å². The monoisotopic (exact) mass is 467 g/mol. The van der Waals surface area contributed by atoms with Crippen LogP contribution in [0.4, 0.5) is 0 Å². The number of nitrogens with zero attached hydrogens (tertiary/aromatic N) is 2. The number of benzene rings is 3. The molecule has 0 bridgehead atoms. The molecule has 4 aromatic rings. The van der Waals surface area contributed by atoms with Gasteiger partial charge in [0.2, 0.25) is 0 Å². The molecule has 1 N–H and O–H groups in total. The quantitative estimate of drug-likeness (QED) is 0.391. The van der Waals surface area contributed by atoms with Gasteiger partial charge in [-0.2, -0.15) is 0 Å². The molecule has 1 aromatic heterocycles. The highest BCUT2D eigenvalue weighted by Gasteiger charge is 2.34. The van der Waals surface area contributed by atoms with Crippen molar-refractivity contribution in [1.82, 2.24) is 14.9 Å². The molecule has 0 unspecified atom stereocenters. The second-order valence-corrected chi connectivity index (χ2v) is 9.50. The average molecular weight is 468 g/mol. The van der Waals surface area contributed by atoms with Crippen LogP contribution in [-0.2, 0) is 11.3 Å². The molecule has 6 heteroatoms. The third-order valence-electron chi connectivity index (χ3n) is 7.60. The molecule has 2 aliphatic heterocycles. The molecule has 178 valence electrons. The predicted molar refractivity (Wildman–Crippen MR) is 136 cm³/mol. The number of aromatic amines is 1. The molecule has 3 heterocycles. The minimum atomic E-state index is -0.385. The van der Waals surface area contributed by atoms with Gasteiger partial charge >= 0.3 is 0 Å². The molecule has 35 heavy (non-hydrogen) atoms. The highest BCUT2D eigenvalue weighted by molar-refractivity contribution is 6.24. The van der Waals surface area contributed by atoms with E-state index in [0.29, 0.717) is 30.2 Å². The molecule has 0 radical (unpaired) electrons. The van der Waals surface area contributed by atoms with E-state index in [4.69, 9.17) is 4.84 Å². The zero-order chi connectivity index (χ0) is 23.9. The Kier molecular flexibility index (Phi) is 5.63. The van der Waals surface area contributed by atoms with E-state index in [1.807, 2.05) is 24.3 Å². The van der Waals surface area contributed by atoms with E-state index in [1.165, 1.54) is 22.0 Å². The van der Waals surface area contributed by atoms with Crippen LogP contribution < -0.4 is 0 Å². The van der Waals surface area contributed by atoms with Gasteiger partial charge in [-0.25, -0.2) is 0 Å². The van der Waals surface area contributed by atoms with Crippen LogP contribution in [0, 0.1) is 0 Å². The number of fused-ring (bicyclic) bond motifs is 1. The van der Waals surface area contributed by atoms with Crippen molar-refractivity contribution < 1.29 is 14.4 Å². The van der Waals surface area contributed by atoms with E-state index in [1.54, 1.807) is 12.1 Å². The Morgan fingerprint density at radius 1 is 0.943 bits per heavy atom. The summed E-state index contributed by atoms with van der Waals surface area (Å²) < 4.78 is 0. The van der Waals surface area contributed by atoms with Crippen LogP contribution in [-0.4, -0.2) is 53.0 Å². The number of hydrogen-bond donors (Lipinski definition) is 1. The standard InChI is InChI=1S/C29H29N3O3/c1-2-19-6-3-9-22-25(18-30-27(19)22)20-12-14-31(15-13-20)16-17-35-32-28(33)23-10-4-7-21-8-5-11-24(26(21)23)29(32)34/h3-11,18,20,30H,2,12-17H2,1H3. The number of carbonyl (C=O) groups excluding carboxylic acids is 2.